The van der Waals surface area contributed by atoms with Crippen LogP contribution in [0.3, 0.4) is 0 Å². The van der Waals surface area contributed by atoms with E-state index < -0.39 is 4.92 Å². The third-order valence-electron chi connectivity index (χ3n) is 3.28. The first-order valence-electron chi connectivity index (χ1n) is 6.57. The molecule has 1 aromatic carbocycles. The summed E-state index contributed by atoms with van der Waals surface area (Å²) < 4.78 is 0. The lowest BCUT2D eigenvalue weighted by Gasteiger charge is -2.29. The first-order valence-corrected chi connectivity index (χ1v) is 6.57. The van der Waals surface area contributed by atoms with Crippen molar-refractivity contribution in [1.29, 1.82) is 0 Å². The SMILES string of the molecule is Cl.NC1CCCN(CC(=O)Nc2ccccc2[N+](=O)[O-])C1. The molecule has 0 saturated carbocycles. The topological polar surface area (TPSA) is 102 Å². The van der Waals surface area contributed by atoms with Crippen LogP contribution < -0.4 is 11.1 Å². The number of amides is 1. The Morgan fingerprint density at radius 3 is 2.86 bits per heavy atom. The summed E-state index contributed by atoms with van der Waals surface area (Å²) in [5, 5.41) is 13.5. The van der Waals surface area contributed by atoms with Crippen molar-refractivity contribution in [3.8, 4) is 0 Å². The number of likely N-dealkylation sites (tertiary alicyclic amines) is 1. The van der Waals surface area contributed by atoms with Crippen LogP contribution in [0, 0.1) is 10.1 Å². The Labute approximate surface area is 129 Å². The third kappa shape index (κ3) is 4.96. The van der Waals surface area contributed by atoms with Crippen LogP contribution in [0.2, 0.25) is 0 Å². The number of piperidine rings is 1. The highest BCUT2D eigenvalue weighted by molar-refractivity contribution is 5.94. The van der Waals surface area contributed by atoms with Crippen LogP contribution in [0.15, 0.2) is 24.3 Å². The predicted octanol–water partition coefficient (Wildman–Crippen LogP) is 1.38. The Bertz CT molecular complexity index is 512. The van der Waals surface area contributed by atoms with Crippen LogP contribution in [0.25, 0.3) is 0 Å². The second-order valence-electron chi connectivity index (χ2n) is 4.96. The molecule has 0 aromatic heterocycles. The van der Waals surface area contributed by atoms with Gasteiger partial charge in [0.25, 0.3) is 5.69 Å². The van der Waals surface area contributed by atoms with E-state index in [0.717, 1.165) is 19.4 Å². The minimum atomic E-state index is -0.508. The van der Waals surface area contributed by atoms with Gasteiger partial charge in [-0.1, -0.05) is 12.1 Å². The molecule has 3 N–H and O–H groups in total. The fourth-order valence-electron chi connectivity index (χ4n) is 2.37. The highest BCUT2D eigenvalue weighted by Crippen LogP contribution is 2.23. The Morgan fingerprint density at radius 2 is 2.19 bits per heavy atom. The van der Waals surface area contributed by atoms with Crippen LogP contribution >= 0.6 is 12.4 Å². The van der Waals surface area contributed by atoms with Gasteiger partial charge in [-0.05, 0) is 25.5 Å². The summed E-state index contributed by atoms with van der Waals surface area (Å²) in [4.78, 5) is 24.3. The predicted molar refractivity (Wildman–Crippen MR) is 82.6 cm³/mol. The van der Waals surface area contributed by atoms with Gasteiger partial charge in [0, 0.05) is 18.7 Å². The molecule has 1 fully saturated rings. The van der Waals surface area contributed by atoms with E-state index in [1.807, 2.05) is 4.90 Å². The lowest BCUT2D eigenvalue weighted by Crippen LogP contribution is -2.45. The molecular formula is C13H19ClN4O3. The molecule has 1 unspecified atom stereocenters. The summed E-state index contributed by atoms with van der Waals surface area (Å²) in [6.07, 6.45) is 1.95. The van der Waals surface area contributed by atoms with Crippen molar-refractivity contribution >= 4 is 29.7 Å². The number of benzene rings is 1. The summed E-state index contributed by atoms with van der Waals surface area (Å²) in [5.41, 5.74) is 5.98. The maximum atomic E-state index is 11.9. The first kappa shape index (κ1) is 17.4. The molecule has 0 spiro atoms. The van der Waals surface area contributed by atoms with Gasteiger partial charge in [0.15, 0.2) is 0 Å². The minimum absolute atomic E-state index is 0. The molecule has 1 aromatic rings. The Balaban J connectivity index is 0.00000220. The molecular weight excluding hydrogens is 296 g/mol. The van der Waals surface area contributed by atoms with Crippen molar-refractivity contribution in [2.75, 3.05) is 25.0 Å². The number of carbonyl (C=O) groups is 1. The molecule has 1 heterocycles. The molecule has 0 aliphatic carbocycles. The van der Waals surface area contributed by atoms with Crippen LogP contribution in [0.5, 0.6) is 0 Å². The molecule has 8 heteroatoms. The van der Waals surface area contributed by atoms with Gasteiger partial charge in [-0.2, -0.15) is 0 Å². The zero-order chi connectivity index (χ0) is 14.5. The quantitative estimate of drug-likeness (QED) is 0.645. The summed E-state index contributed by atoms with van der Waals surface area (Å²) >= 11 is 0. The molecule has 7 nitrogen and oxygen atoms in total. The Kier molecular flexibility index (Phi) is 6.54. The number of nitro benzene ring substituents is 1. The van der Waals surface area contributed by atoms with E-state index in [1.165, 1.54) is 12.1 Å². The normalized spacial score (nSPS) is 18.6. The number of halogens is 1. The van der Waals surface area contributed by atoms with Gasteiger partial charge < -0.3 is 11.1 Å². The van der Waals surface area contributed by atoms with Gasteiger partial charge in [-0.25, -0.2) is 0 Å². The molecule has 1 aliphatic rings. The Morgan fingerprint density at radius 1 is 1.48 bits per heavy atom. The number of nitrogens with one attached hydrogen (secondary N) is 1. The second-order valence-corrected chi connectivity index (χ2v) is 4.96. The van der Waals surface area contributed by atoms with Crippen molar-refractivity contribution in [2.24, 2.45) is 5.73 Å². The number of hydrogen-bond acceptors (Lipinski definition) is 5. The van der Waals surface area contributed by atoms with Gasteiger partial charge in [0.05, 0.1) is 11.5 Å². The van der Waals surface area contributed by atoms with Gasteiger partial charge in [-0.15, -0.1) is 12.4 Å². The highest BCUT2D eigenvalue weighted by Gasteiger charge is 2.20. The standard InChI is InChI=1S/C13H18N4O3.ClH/c14-10-4-3-7-16(8-10)9-13(18)15-11-5-1-2-6-12(11)17(19)20;/h1-2,5-6,10H,3-4,7-9,14H2,(H,15,18);1H. The summed E-state index contributed by atoms with van der Waals surface area (Å²) in [5.74, 6) is -0.256. The smallest absolute Gasteiger partial charge is 0.292 e. The van der Waals surface area contributed by atoms with Gasteiger partial charge in [0.2, 0.25) is 5.91 Å². The number of rotatable bonds is 4. The molecule has 1 atom stereocenters. The van der Waals surface area contributed by atoms with Gasteiger partial charge in [0.1, 0.15) is 5.69 Å². The monoisotopic (exact) mass is 314 g/mol. The van der Waals surface area contributed by atoms with E-state index in [9.17, 15) is 14.9 Å². The average molecular weight is 315 g/mol. The lowest BCUT2D eigenvalue weighted by molar-refractivity contribution is -0.383. The van der Waals surface area contributed by atoms with E-state index in [4.69, 9.17) is 5.73 Å². The summed E-state index contributed by atoms with van der Waals surface area (Å²) in [6, 6.07) is 6.21. The zero-order valence-electron chi connectivity index (χ0n) is 11.5. The number of anilines is 1. The number of nitro groups is 1. The van der Waals surface area contributed by atoms with Gasteiger partial charge >= 0.3 is 0 Å². The van der Waals surface area contributed by atoms with E-state index in [0.29, 0.717) is 6.54 Å². The third-order valence-corrected chi connectivity index (χ3v) is 3.28. The molecule has 1 aliphatic heterocycles. The largest absolute Gasteiger partial charge is 0.327 e. The number of nitrogens with zero attached hydrogens (tertiary/aromatic N) is 2. The van der Waals surface area contributed by atoms with Crippen molar-refractivity contribution in [3.05, 3.63) is 34.4 Å². The first-order chi connectivity index (χ1) is 9.56. The maximum absolute atomic E-state index is 11.9. The van der Waals surface area contributed by atoms with E-state index in [-0.39, 0.29) is 42.3 Å². The van der Waals surface area contributed by atoms with Crippen LogP contribution in [-0.2, 0) is 4.79 Å². The zero-order valence-corrected chi connectivity index (χ0v) is 12.3. The van der Waals surface area contributed by atoms with Crippen LogP contribution in [-0.4, -0.2) is 41.4 Å². The van der Waals surface area contributed by atoms with Crippen LogP contribution in [0.4, 0.5) is 11.4 Å². The Hall–Kier alpha value is -1.70. The molecule has 0 radical (unpaired) electrons. The maximum Gasteiger partial charge on any atom is 0.292 e. The molecule has 1 amide bonds. The number of carbonyl (C=O) groups excluding carboxylic acids is 1. The van der Waals surface area contributed by atoms with E-state index >= 15 is 0 Å². The van der Waals surface area contributed by atoms with Crippen LogP contribution in [0.1, 0.15) is 12.8 Å². The molecule has 0 bridgehead atoms. The van der Waals surface area contributed by atoms with Crippen molar-refractivity contribution in [1.82, 2.24) is 4.90 Å². The van der Waals surface area contributed by atoms with Crippen molar-refractivity contribution < 1.29 is 9.72 Å². The van der Waals surface area contributed by atoms with Crippen molar-refractivity contribution in [3.63, 3.8) is 0 Å². The molecule has 21 heavy (non-hydrogen) atoms. The highest BCUT2D eigenvalue weighted by atomic mass is 35.5. The lowest BCUT2D eigenvalue weighted by atomic mass is 10.1. The molecule has 1 saturated heterocycles. The summed E-state index contributed by atoms with van der Waals surface area (Å²) in [6.45, 7) is 1.72. The van der Waals surface area contributed by atoms with E-state index in [1.54, 1.807) is 12.1 Å². The second kappa shape index (κ2) is 7.92. The number of hydrogen-bond donors (Lipinski definition) is 2. The fourth-order valence-corrected chi connectivity index (χ4v) is 2.37. The van der Waals surface area contributed by atoms with Gasteiger partial charge in [-0.3, -0.25) is 19.8 Å². The molecule has 116 valence electrons. The fraction of sp³-hybridized carbons (Fsp3) is 0.462. The molecule has 2 rings (SSSR count). The average Bonchev–Trinajstić information content (AvgIpc) is 2.38. The number of para-hydroxylation sites is 2. The summed E-state index contributed by atoms with van der Waals surface area (Å²) in [7, 11) is 0. The van der Waals surface area contributed by atoms with E-state index in [2.05, 4.69) is 5.32 Å². The minimum Gasteiger partial charge on any atom is -0.327 e. The van der Waals surface area contributed by atoms with Crippen molar-refractivity contribution in [2.45, 2.75) is 18.9 Å². The number of nitrogens with two attached hydrogens (primary N) is 1.